The van der Waals surface area contributed by atoms with Crippen LogP contribution in [-0.4, -0.2) is 32.8 Å². The molecular formula is C17H20ClN4OS+. The minimum absolute atomic E-state index is 0.0211. The summed E-state index contributed by atoms with van der Waals surface area (Å²) in [6.45, 7) is 4.00. The van der Waals surface area contributed by atoms with Crippen molar-refractivity contribution in [2.75, 3.05) is 13.1 Å². The SMILES string of the molecule is Cc1nc2sc([C@H](c3ccccc3Cl)[NH+]3CCCCC3)c(O)n2n1. The van der Waals surface area contributed by atoms with Gasteiger partial charge in [0, 0.05) is 5.56 Å². The zero-order valence-corrected chi connectivity index (χ0v) is 15.1. The molecule has 0 unspecified atom stereocenters. The second-order valence-electron chi connectivity index (χ2n) is 6.32. The van der Waals surface area contributed by atoms with Gasteiger partial charge in [0.1, 0.15) is 10.7 Å². The van der Waals surface area contributed by atoms with Crippen LogP contribution in [0.1, 0.15) is 41.6 Å². The van der Waals surface area contributed by atoms with Gasteiger partial charge in [0.05, 0.1) is 18.1 Å². The van der Waals surface area contributed by atoms with Crippen LogP contribution < -0.4 is 4.90 Å². The third-order valence-corrected chi connectivity index (χ3v) is 6.12. The first-order valence-corrected chi connectivity index (χ1v) is 9.48. The van der Waals surface area contributed by atoms with E-state index in [9.17, 15) is 5.11 Å². The lowest BCUT2D eigenvalue weighted by molar-refractivity contribution is -0.929. The minimum atomic E-state index is 0.0211. The average molecular weight is 364 g/mol. The number of piperidine rings is 1. The van der Waals surface area contributed by atoms with E-state index in [-0.39, 0.29) is 11.9 Å². The summed E-state index contributed by atoms with van der Waals surface area (Å²) in [6.07, 6.45) is 3.69. The Hall–Kier alpha value is -1.63. The van der Waals surface area contributed by atoms with Crippen LogP contribution in [-0.2, 0) is 0 Å². The summed E-state index contributed by atoms with van der Waals surface area (Å²) in [5, 5.41) is 15.8. The Balaban J connectivity index is 1.86. The average Bonchev–Trinajstić information content (AvgIpc) is 3.09. The fourth-order valence-corrected chi connectivity index (χ4v) is 5.01. The Morgan fingerprint density at radius 2 is 2.00 bits per heavy atom. The molecule has 1 fully saturated rings. The number of aryl methyl sites for hydroxylation is 1. The molecule has 0 saturated carbocycles. The van der Waals surface area contributed by atoms with Crippen LogP contribution >= 0.6 is 22.9 Å². The molecular weight excluding hydrogens is 344 g/mol. The first-order chi connectivity index (χ1) is 11.6. The van der Waals surface area contributed by atoms with Crippen molar-refractivity contribution in [1.82, 2.24) is 14.6 Å². The fourth-order valence-electron chi connectivity index (χ4n) is 3.59. The maximum absolute atomic E-state index is 10.8. The third kappa shape index (κ3) is 2.68. The lowest BCUT2D eigenvalue weighted by Gasteiger charge is -2.31. The number of nitrogens with one attached hydrogen (secondary N) is 1. The largest absolute Gasteiger partial charge is 0.492 e. The molecule has 1 saturated heterocycles. The zero-order chi connectivity index (χ0) is 16.7. The van der Waals surface area contributed by atoms with E-state index in [0.29, 0.717) is 5.82 Å². The monoisotopic (exact) mass is 363 g/mol. The van der Waals surface area contributed by atoms with Crippen LogP contribution in [0.2, 0.25) is 5.02 Å². The molecule has 0 radical (unpaired) electrons. The van der Waals surface area contributed by atoms with Crippen LogP contribution in [0.4, 0.5) is 0 Å². The number of hydrogen-bond donors (Lipinski definition) is 2. The molecule has 3 aromatic rings. The highest BCUT2D eigenvalue weighted by molar-refractivity contribution is 7.17. The number of hydrogen-bond acceptors (Lipinski definition) is 4. The van der Waals surface area contributed by atoms with E-state index in [1.807, 2.05) is 25.1 Å². The van der Waals surface area contributed by atoms with Gasteiger partial charge in [-0.25, -0.2) is 4.98 Å². The van der Waals surface area contributed by atoms with Crippen molar-refractivity contribution in [1.29, 1.82) is 0 Å². The number of halogens is 1. The predicted molar refractivity (Wildman–Crippen MR) is 95.1 cm³/mol. The van der Waals surface area contributed by atoms with Gasteiger partial charge in [-0.05, 0) is 32.3 Å². The minimum Gasteiger partial charge on any atom is -0.492 e. The molecule has 126 valence electrons. The number of quaternary nitrogens is 1. The van der Waals surface area contributed by atoms with Gasteiger partial charge in [0.15, 0.2) is 6.04 Å². The fraction of sp³-hybridized carbons (Fsp3) is 0.412. The third-order valence-electron chi connectivity index (χ3n) is 4.69. The molecule has 2 N–H and O–H groups in total. The van der Waals surface area contributed by atoms with Crippen molar-refractivity contribution in [3.8, 4) is 5.88 Å². The van der Waals surface area contributed by atoms with E-state index in [0.717, 1.165) is 33.5 Å². The molecule has 24 heavy (non-hydrogen) atoms. The van der Waals surface area contributed by atoms with Gasteiger partial charge in [-0.3, -0.25) is 0 Å². The van der Waals surface area contributed by atoms with Crippen molar-refractivity contribution in [2.24, 2.45) is 0 Å². The molecule has 2 aromatic heterocycles. The number of fused-ring (bicyclic) bond motifs is 1. The highest BCUT2D eigenvalue weighted by Gasteiger charge is 2.34. The lowest BCUT2D eigenvalue weighted by Crippen LogP contribution is -3.13. The van der Waals surface area contributed by atoms with Crippen molar-refractivity contribution in [2.45, 2.75) is 32.2 Å². The zero-order valence-electron chi connectivity index (χ0n) is 13.5. The Bertz CT molecular complexity index is 869. The van der Waals surface area contributed by atoms with E-state index < -0.39 is 0 Å². The summed E-state index contributed by atoms with van der Waals surface area (Å²) >= 11 is 8.02. The molecule has 0 aliphatic carbocycles. The maximum atomic E-state index is 10.8. The number of benzene rings is 1. The van der Waals surface area contributed by atoms with Crippen molar-refractivity contribution in [3.05, 3.63) is 45.6 Å². The normalized spacial score (nSPS) is 17.4. The summed E-state index contributed by atoms with van der Waals surface area (Å²) in [7, 11) is 0. The standard InChI is InChI=1S/C17H19ClN4OS/c1-11-19-17-22(20-11)16(23)15(24-17)14(21-9-5-2-6-10-21)12-7-3-4-8-13(12)18/h3-4,7-8,14,23H,2,5-6,9-10H2,1H3/p+1/t14-/m0/s1. The molecule has 0 spiro atoms. The molecule has 4 rings (SSSR count). The van der Waals surface area contributed by atoms with E-state index in [1.54, 1.807) is 4.52 Å². The maximum Gasteiger partial charge on any atom is 0.235 e. The van der Waals surface area contributed by atoms with Crippen LogP contribution in [0.3, 0.4) is 0 Å². The molecule has 0 bridgehead atoms. The smallest absolute Gasteiger partial charge is 0.235 e. The number of nitrogens with zero attached hydrogens (tertiary/aromatic N) is 3. The summed E-state index contributed by atoms with van der Waals surface area (Å²) in [5.74, 6) is 0.862. The summed E-state index contributed by atoms with van der Waals surface area (Å²) in [5.41, 5.74) is 1.06. The number of rotatable bonds is 3. The van der Waals surface area contributed by atoms with Gasteiger partial charge >= 0.3 is 0 Å². The van der Waals surface area contributed by atoms with Crippen LogP contribution in [0.5, 0.6) is 5.88 Å². The van der Waals surface area contributed by atoms with Crippen LogP contribution in [0.25, 0.3) is 4.96 Å². The first kappa shape index (κ1) is 15.9. The van der Waals surface area contributed by atoms with Gasteiger partial charge in [-0.2, -0.15) is 4.52 Å². The molecule has 1 aromatic carbocycles. The van der Waals surface area contributed by atoms with Crippen molar-refractivity contribution in [3.63, 3.8) is 0 Å². The van der Waals surface area contributed by atoms with E-state index in [1.165, 1.54) is 35.5 Å². The van der Waals surface area contributed by atoms with E-state index >= 15 is 0 Å². The predicted octanol–water partition coefficient (Wildman–Crippen LogP) is 2.62. The summed E-state index contributed by atoms with van der Waals surface area (Å²) < 4.78 is 1.54. The highest BCUT2D eigenvalue weighted by atomic mass is 35.5. The van der Waals surface area contributed by atoms with E-state index in [4.69, 9.17) is 11.6 Å². The molecule has 7 heteroatoms. The van der Waals surface area contributed by atoms with Crippen molar-refractivity contribution < 1.29 is 10.0 Å². The van der Waals surface area contributed by atoms with E-state index in [2.05, 4.69) is 16.1 Å². The highest BCUT2D eigenvalue weighted by Crippen LogP contribution is 2.37. The Morgan fingerprint density at radius 3 is 2.71 bits per heavy atom. The molecule has 0 amide bonds. The molecule has 5 nitrogen and oxygen atoms in total. The van der Waals surface area contributed by atoms with Crippen LogP contribution in [0.15, 0.2) is 24.3 Å². The molecule has 3 heterocycles. The number of likely N-dealkylation sites (tertiary alicyclic amines) is 1. The molecule has 1 aliphatic rings. The van der Waals surface area contributed by atoms with Gasteiger partial charge in [0.2, 0.25) is 10.8 Å². The first-order valence-electron chi connectivity index (χ1n) is 8.29. The van der Waals surface area contributed by atoms with Gasteiger partial charge in [-0.15, -0.1) is 5.10 Å². The number of thiazole rings is 1. The lowest BCUT2D eigenvalue weighted by atomic mass is 10.0. The Labute approximate surface area is 149 Å². The number of aromatic nitrogens is 3. The summed E-state index contributed by atoms with van der Waals surface area (Å²) in [4.78, 5) is 7.48. The molecule has 1 atom stereocenters. The summed E-state index contributed by atoms with van der Waals surface area (Å²) in [6, 6.07) is 7.96. The van der Waals surface area contributed by atoms with Crippen LogP contribution in [0, 0.1) is 6.92 Å². The number of aromatic hydroxyl groups is 1. The van der Waals surface area contributed by atoms with Gasteiger partial charge in [0.25, 0.3) is 0 Å². The Kier molecular flexibility index (Phi) is 4.20. The quantitative estimate of drug-likeness (QED) is 0.752. The van der Waals surface area contributed by atoms with Gasteiger partial charge < -0.3 is 10.0 Å². The second kappa shape index (κ2) is 6.35. The topological polar surface area (TPSA) is 54.9 Å². The van der Waals surface area contributed by atoms with Crippen molar-refractivity contribution >= 4 is 27.9 Å². The second-order valence-corrected chi connectivity index (χ2v) is 7.73. The van der Waals surface area contributed by atoms with Gasteiger partial charge in [-0.1, -0.05) is 41.1 Å². The Morgan fingerprint density at radius 1 is 1.25 bits per heavy atom. The molecule has 1 aliphatic heterocycles.